The number of nitrogens with zero attached hydrogens (tertiary/aromatic N) is 1. The number of benzene rings is 1. The summed E-state index contributed by atoms with van der Waals surface area (Å²) in [5.74, 6) is -1.41. The number of alkyl halides is 3. The number of aryl methyl sites for hydroxylation is 1. The summed E-state index contributed by atoms with van der Waals surface area (Å²) in [5.41, 5.74) is 3.12. The quantitative estimate of drug-likeness (QED) is 0.816. The fourth-order valence-corrected chi connectivity index (χ4v) is 3.52. The maximum atomic E-state index is 12.9. The normalized spacial score (nSPS) is 21.7. The topological polar surface area (TPSA) is 32.3 Å². The second-order valence-corrected chi connectivity index (χ2v) is 6.41. The average Bonchev–Trinajstić information content (AvgIpc) is 2.54. The Morgan fingerprint density at radius 3 is 2.74 bits per heavy atom. The summed E-state index contributed by atoms with van der Waals surface area (Å²) in [6.07, 6.45) is 0.406. The third kappa shape index (κ3) is 3.62. The van der Waals surface area contributed by atoms with Crippen LogP contribution in [0.3, 0.4) is 0 Å². The number of rotatable bonds is 1. The number of likely N-dealkylation sites (tertiary alicyclic amines) is 1. The Balaban J connectivity index is 1.70. The van der Waals surface area contributed by atoms with E-state index in [1.165, 1.54) is 10.5 Å². The van der Waals surface area contributed by atoms with Gasteiger partial charge in [-0.05, 0) is 55.7 Å². The number of carbonyl (C=O) groups excluding carboxylic acids is 1. The summed E-state index contributed by atoms with van der Waals surface area (Å²) in [4.78, 5) is 13.7. The standard InChI is InChI=1S/C17H21F3N2O/c18-17(19,20)13-7-4-10-22(11-13)16(23)21-15-9-3-6-12-5-1-2-8-14(12)15/h3,6,9,13H,1-2,4-5,7-8,10-11H2,(H,21,23)/t13-/m0/s1. The molecule has 3 nitrogen and oxygen atoms in total. The molecule has 2 amide bonds. The number of urea groups is 1. The number of hydrogen-bond donors (Lipinski definition) is 1. The first-order valence-electron chi connectivity index (χ1n) is 8.18. The lowest BCUT2D eigenvalue weighted by Gasteiger charge is -2.34. The maximum absolute atomic E-state index is 12.9. The molecule has 23 heavy (non-hydrogen) atoms. The molecule has 1 fully saturated rings. The van der Waals surface area contributed by atoms with Gasteiger partial charge < -0.3 is 10.2 Å². The Kier molecular flexibility index (Phi) is 4.50. The maximum Gasteiger partial charge on any atom is 0.393 e. The van der Waals surface area contributed by atoms with Crippen molar-refractivity contribution in [2.24, 2.45) is 5.92 Å². The second kappa shape index (κ2) is 6.42. The summed E-state index contributed by atoms with van der Waals surface area (Å²) < 4.78 is 38.6. The lowest BCUT2D eigenvalue weighted by atomic mass is 9.90. The molecule has 1 heterocycles. The second-order valence-electron chi connectivity index (χ2n) is 6.41. The van der Waals surface area contributed by atoms with E-state index in [2.05, 4.69) is 11.4 Å². The predicted molar refractivity (Wildman–Crippen MR) is 82.5 cm³/mol. The molecule has 1 aromatic carbocycles. The highest BCUT2D eigenvalue weighted by Crippen LogP contribution is 2.33. The van der Waals surface area contributed by atoms with Crippen molar-refractivity contribution in [2.45, 2.75) is 44.7 Å². The van der Waals surface area contributed by atoms with Crippen LogP contribution in [0.4, 0.5) is 23.7 Å². The zero-order valence-electron chi connectivity index (χ0n) is 13.0. The summed E-state index contributed by atoms with van der Waals surface area (Å²) in [6, 6.07) is 5.38. The van der Waals surface area contributed by atoms with Crippen molar-refractivity contribution in [2.75, 3.05) is 18.4 Å². The lowest BCUT2D eigenvalue weighted by molar-refractivity contribution is -0.183. The summed E-state index contributed by atoms with van der Waals surface area (Å²) in [6.45, 7) is 0.137. The molecular weight excluding hydrogens is 305 g/mol. The van der Waals surface area contributed by atoms with Crippen LogP contribution >= 0.6 is 0 Å². The minimum Gasteiger partial charge on any atom is -0.324 e. The van der Waals surface area contributed by atoms with Crippen molar-refractivity contribution in [3.05, 3.63) is 29.3 Å². The molecule has 1 saturated heterocycles. The Morgan fingerprint density at radius 1 is 1.17 bits per heavy atom. The Hall–Kier alpha value is -1.72. The Morgan fingerprint density at radius 2 is 1.96 bits per heavy atom. The number of fused-ring (bicyclic) bond motifs is 1. The van der Waals surface area contributed by atoms with Crippen molar-refractivity contribution >= 4 is 11.7 Å². The number of anilines is 1. The third-order valence-electron chi connectivity index (χ3n) is 4.81. The van der Waals surface area contributed by atoms with Crippen LogP contribution in [0.5, 0.6) is 0 Å². The SMILES string of the molecule is O=C(Nc1cccc2c1CCCC2)N1CCC[C@H](C(F)(F)F)C1. The minimum atomic E-state index is -4.23. The van der Waals surface area contributed by atoms with E-state index in [4.69, 9.17) is 0 Å². The van der Waals surface area contributed by atoms with Gasteiger partial charge in [-0.3, -0.25) is 0 Å². The first kappa shape index (κ1) is 16.1. The van der Waals surface area contributed by atoms with Gasteiger partial charge in [-0.25, -0.2) is 4.79 Å². The molecule has 1 N–H and O–H groups in total. The largest absolute Gasteiger partial charge is 0.393 e. The molecule has 3 rings (SSSR count). The van der Waals surface area contributed by atoms with E-state index in [0.717, 1.165) is 36.9 Å². The van der Waals surface area contributed by atoms with Crippen LogP contribution in [-0.4, -0.2) is 30.2 Å². The van der Waals surface area contributed by atoms with Crippen LogP contribution in [0, 0.1) is 5.92 Å². The van der Waals surface area contributed by atoms with E-state index in [0.29, 0.717) is 13.0 Å². The predicted octanol–water partition coefficient (Wildman–Crippen LogP) is 4.37. The molecule has 126 valence electrons. The lowest BCUT2D eigenvalue weighted by Crippen LogP contribution is -2.46. The van der Waals surface area contributed by atoms with E-state index >= 15 is 0 Å². The van der Waals surface area contributed by atoms with Gasteiger partial charge in [0, 0.05) is 18.8 Å². The van der Waals surface area contributed by atoms with Crippen molar-refractivity contribution in [3.63, 3.8) is 0 Å². The van der Waals surface area contributed by atoms with Gasteiger partial charge in [0.25, 0.3) is 0 Å². The molecule has 0 unspecified atom stereocenters. The van der Waals surface area contributed by atoms with Gasteiger partial charge in [0.1, 0.15) is 0 Å². The number of hydrogen-bond acceptors (Lipinski definition) is 1. The smallest absolute Gasteiger partial charge is 0.324 e. The molecule has 1 aliphatic carbocycles. The zero-order chi connectivity index (χ0) is 16.4. The molecule has 6 heteroatoms. The highest BCUT2D eigenvalue weighted by Gasteiger charge is 2.42. The minimum absolute atomic E-state index is 0.105. The van der Waals surface area contributed by atoms with Gasteiger partial charge in [0.15, 0.2) is 0 Å². The zero-order valence-corrected chi connectivity index (χ0v) is 13.0. The molecule has 1 atom stereocenters. The summed E-state index contributed by atoms with van der Waals surface area (Å²) in [5, 5.41) is 2.83. The van der Waals surface area contributed by atoms with E-state index < -0.39 is 18.1 Å². The van der Waals surface area contributed by atoms with Gasteiger partial charge >= 0.3 is 12.2 Å². The van der Waals surface area contributed by atoms with Gasteiger partial charge in [0.05, 0.1) is 5.92 Å². The monoisotopic (exact) mass is 326 g/mol. The van der Waals surface area contributed by atoms with E-state index in [1.54, 1.807) is 0 Å². The van der Waals surface area contributed by atoms with Crippen molar-refractivity contribution in [1.29, 1.82) is 0 Å². The Labute approximate surface area is 133 Å². The molecule has 0 radical (unpaired) electrons. The fourth-order valence-electron chi connectivity index (χ4n) is 3.52. The molecule has 0 saturated carbocycles. The number of halogens is 3. The van der Waals surface area contributed by atoms with Crippen LogP contribution < -0.4 is 5.32 Å². The Bertz CT molecular complexity index is 586. The first-order valence-corrected chi connectivity index (χ1v) is 8.18. The van der Waals surface area contributed by atoms with Gasteiger partial charge in [-0.1, -0.05) is 12.1 Å². The third-order valence-corrected chi connectivity index (χ3v) is 4.81. The number of amides is 2. The molecule has 0 spiro atoms. The van der Waals surface area contributed by atoms with Gasteiger partial charge in [-0.15, -0.1) is 0 Å². The number of piperidine rings is 1. The highest BCUT2D eigenvalue weighted by molar-refractivity contribution is 5.90. The fraction of sp³-hybridized carbons (Fsp3) is 0.588. The van der Waals surface area contributed by atoms with E-state index in [1.807, 2.05) is 12.1 Å². The average molecular weight is 326 g/mol. The van der Waals surface area contributed by atoms with Gasteiger partial charge in [-0.2, -0.15) is 13.2 Å². The molecule has 1 aliphatic heterocycles. The van der Waals surface area contributed by atoms with Gasteiger partial charge in [0.2, 0.25) is 0 Å². The molecule has 0 bridgehead atoms. The molecule has 0 aromatic heterocycles. The number of nitrogens with one attached hydrogen (secondary N) is 1. The summed E-state index contributed by atoms with van der Waals surface area (Å²) in [7, 11) is 0. The molecule has 2 aliphatic rings. The van der Waals surface area contributed by atoms with E-state index in [9.17, 15) is 18.0 Å². The van der Waals surface area contributed by atoms with Crippen molar-refractivity contribution in [1.82, 2.24) is 4.90 Å². The summed E-state index contributed by atoms with van der Waals surface area (Å²) >= 11 is 0. The van der Waals surface area contributed by atoms with Crippen molar-refractivity contribution < 1.29 is 18.0 Å². The first-order chi connectivity index (χ1) is 10.9. The molecular formula is C17H21F3N2O. The highest BCUT2D eigenvalue weighted by atomic mass is 19.4. The van der Waals surface area contributed by atoms with Crippen molar-refractivity contribution in [3.8, 4) is 0 Å². The van der Waals surface area contributed by atoms with Crippen LogP contribution in [0.25, 0.3) is 0 Å². The van der Waals surface area contributed by atoms with Crippen LogP contribution in [0.1, 0.15) is 36.8 Å². The molecule has 1 aromatic rings. The number of carbonyl (C=O) groups is 1. The van der Waals surface area contributed by atoms with Crippen LogP contribution in [0.15, 0.2) is 18.2 Å². The van der Waals surface area contributed by atoms with E-state index in [-0.39, 0.29) is 13.0 Å². The van der Waals surface area contributed by atoms with Crippen LogP contribution in [-0.2, 0) is 12.8 Å². The van der Waals surface area contributed by atoms with Crippen LogP contribution in [0.2, 0.25) is 0 Å².